The minimum Gasteiger partial charge on any atom is -0.137 e. The van der Waals surface area contributed by atoms with Crippen molar-refractivity contribution in [1.82, 2.24) is 0 Å². The lowest BCUT2D eigenvalue weighted by Gasteiger charge is -1.89. The Kier molecular flexibility index (Phi) is 2.26. The Hall–Kier alpha value is -0.240. The SMILES string of the molecule is ClCc1cc2cccc(Cl)c2s1. The van der Waals surface area contributed by atoms with Crippen LogP contribution in [0.5, 0.6) is 0 Å². The number of fused-ring (bicyclic) bond motifs is 1. The molecule has 1 heterocycles. The van der Waals surface area contributed by atoms with Crippen LogP contribution in [0.15, 0.2) is 24.3 Å². The van der Waals surface area contributed by atoms with E-state index in [1.807, 2.05) is 18.2 Å². The maximum absolute atomic E-state index is 5.99. The van der Waals surface area contributed by atoms with Gasteiger partial charge in [-0.2, -0.15) is 0 Å². The first-order valence-corrected chi connectivity index (χ1v) is 5.27. The number of alkyl halides is 1. The second-order valence-corrected chi connectivity index (χ2v) is 4.32. The van der Waals surface area contributed by atoms with Gasteiger partial charge in [-0.3, -0.25) is 0 Å². The Morgan fingerprint density at radius 2 is 2.17 bits per heavy atom. The van der Waals surface area contributed by atoms with E-state index in [2.05, 4.69) is 6.07 Å². The van der Waals surface area contributed by atoms with Crippen molar-refractivity contribution in [2.24, 2.45) is 0 Å². The van der Waals surface area contributed by atoms with Crippen molar-refractivity contribution in [2.45, 2.75) is 5.88 Å². The number of rotatable bonds is 1. The molecule has 0 aliphatic rings. The van der Waals surface area contributed by atoms with E-state index in [4.69, 9.17) is 23.2 Å². The molecule has 0 nitrogen and oxygen atoms in total. The fourth-order valence-electron chi connectivity index (χ4n) is 1.15. The lowest BCUT2D eigenvalue weighted by molar-refractivity contribution is 1.54. The largest absolute Gasteiger partial charge is 0.137 e. The molecule has 0 saturated carbocycles. The first-order chi connectivity index (χ1) is 5.81. The second-order valence-electron chi connectivity index (χ2n) is 2.50. The van der Waals surface area contributed by atoms with Gasteiger partial charge in [0.05, 0.1) is 15.6 Å². The summed E-state index contributed by atoms with van der Waals surface area (Å²) in [5, 5.41) is 2.00. The molecule has 0 atom stereocenters. The third-order valence-electron chi connectivity index (χ3n) is 1.68. The van der Waals surface area contributed by atoms with E-state index in [1.165, 1.54) is 10.3 Å². The van der Waals surface area contributed by atoms with Crippen molar-refractivity contribution in [3.63, 3.8) is 0 Å². The molecular formula is C9H6Cl2S. The number of halogens is 2. The Balaban J connectivity index is 2.74. The van der Waals surface area contributed by atoms with Crippen LogP contribution in [-0.4, -0.2) is 0 Å². The predicted octanol–water partition coefficient (Wildman–Crippen LogP) is 4.29. The van der Waals surface area contributed by atoms with Crippen molar-refractivity contribution in [2.75, 3.05) is 0 Å². The smallest absolute Gasteiger partial charge is 0.0584 e. The highest BCUT2D eigenvalue weighted by Crippen LogP contribution is 2.32. The Labute approximate surface area is 84.7 Å². The molecule has 0 N–H and O–H groups in total. The maximum atomic E-state index is 5.99. The minimum absolute atomic E-state index is 0.565. The van der Waals surface area contributed by atoms with E-state index in [0.717, 1.165) is 9.72 Å². The Morgan fingerprint density at radius 1 is 1.33 bits per heavy atom. The van der Waals surface area contributed by atoms with Crippen molar-refractivity contribution in [3.05, 3.63) is 34.2 Å². The summed E-state index contributed by atoms with van der Waals surface area (Å²) in [5.74, 6) is 0.565. The zero-order valence-electron chi connectivity index (χ0n) is 6.18. The summed E-state index contributed by atoms with van der Waals surface area (Å²) in [6.07, 6.45) is 0. The highest BCUT2D eigenvalue weighted by molar-refractivity contribution is 7.19. The van der Waals surface area contributed by atoms with Gasteiger partial charge in [0.25, 0.3) is 0 Å². The van der Waals surface area contributed by atoms with Crippen LogP contribution in [-0.2, 0) is 5.88 Å². The summed E-state index contributed by atoms with van der Waals surface area (Å²) >= 11 is 13.4. The fraction of sp³-hybridized carbons (Fsp3) is 0.111. The standard InChI is InChI=1S/C9H6Cl2S/c10-5-7-4-6-2-1-3-8(11)9(6)12-7/h1-4H,5H2. The molecule has 2 rings (SSSR count). The van der Waals surface area contributed by atoms with Gasteiger partial charge in [0.15, 0.2) is 0 Å². The number of thiophene rings is 1. The molecule has 1 aromatic carbocycles. The number of hydrogen-bond donors (Lipinski definition) is 0. The highest BCUT2D eigenvalue weighted by atomic mass is 35.5. The van der Waals surface area contributed by atoms with Gasteiger partial charge in [0, 0.05) is 4.88 Å². The third-order valence-corrected chi connectivity index (χ3v) is 3.74. The van der Waals surface area contributed by atoms with E-state index in [0.29, 0.717) is 5.88 Å². The van der Waals surface area contributed by atoms with Crippen molar-refractivity contribution in [1.29, 1.82) is 0 Å². The zero-order chi connectivity index (χ0) is 8.55. The van der Waals surface area contributed by atoms with Crippen LogP contribution in [0.4, 0.5) is 0 Å². The van der Waals surface area contributed by atoms with Crippen LogP contribution in [0.1, 0.15) is 4.88 Å². The van der Waals surface area contributed by atoms with Crippen LogP contribution in [0.3, 0.4) is 0 Å². The summed E-state index contributed by atoms with van der Waals surface area (Å²) in [5.41, 5.74) is 0. The second kappa shape index (κ2) is 3.25. The molecule has 62 valence electrons. The monoisotopic (exact) mass is 216 g/mol. The molecule has 0 spiro atoms. The van der Waals surface area contributed by atoms with Crippen LogP contribution in [0.2, 0.25) is 5.02 Å². The predicted molar refractivity (Wildman–Crippen MR) is 56.4 cm³/mol. The normalized spacial score (nSPS) is 10.8. The number of hydrogen-bond acceptors (Lipinski definition) is 1. The third kappa shape index (κ3) is 1.33. The molecule has 0 radical (unpaired) electrons. The molecule has 0 fully saturated rings. The quantitative estimate of drug-likeness (QED) is 0.625. The first kappa shape index (κ1) is 8.36. The average Bonchev–Trinajstić information content (AvgIpc) is 2.49. The summed E-state index contributed by atoms with van der Waals surface area (Å²) in [6.45, 7) is 0. The summed E-state index contributed by atoms with van der Waals surface area (Å²) in [4.78, 5) is 1.17. The van der Waals surface area contributed by atoms with Gasteiger partial charge in [-0.05, 0) is 17.5 Å². The summed E-state index contributed by atoms with van der Waals surface area (Å²) in [6, 6.07) is 7.99. The van der Waals surface area contributed by atoms with Gasteiger partial charge < -0.3 is 0 Å². The molecule has 1 aromatic heterocycles. The van der Waals surface area contributed by atoms with Crippen molar-refractivity contribution in [3.8, 4) is 0 Å². The summed E-state index contributed by atoms with van der Waals surface area (Å²) in [7, 11) is 0. The molecule has 0 unspecified atom stereocenters. The lowest BCUT2D eigenvalue weighted by Crippen LogP contribution is -1.62. The topological polar surface area (TPSA) is 0 Å². The van der Waals surface area contributed by atoms with Crippen molar-refractivity contribution >= 4 is 44.6 Å². The van der Waals surface area contributed by atoms with Crippen LogP contribution >= 0.6 is 34.5 Å². The van der Waals surface area contributed by atoms with Crippen molar-refractivity contribution < 1.29 is 0 Å². The maximum Gasteiger partial charge on any atom is 0.0584 e. The molecule has 0 aliphatic carbocycles. The highest BCUT2D eigenvalue weighted by Gasteiger charge is 2.02. The first-order valence-electron chi connectivity index (χ1n) is 3.54. The molecule has 2 aromatic rings. The number of benzene rings is 1. The molecular weight excluding hydrogens is 211 g/mol. The van der Waals surface area contributed by atoms with E-state index in [-0.39, 0.29) is 0 Å². The summed E-state index contributed by atoms with van der Waals surface area (Å²) < 4.78 is 1.13. The van der Waals surface area contributed by atoms with E-state index in [9.17, 15) is 0 Å². The van der Waals surface area contributed by atoms with Gasteiger partial charge >= 0.3 is 0 Å². The van der Waals surface area contributed by atoms with E-state index < -0.39 is 0 Å². The average molecular weight is 217 g/mol. The molecule has 0 aliphatic heterocycles. The molecule has 0 saturated heterocycles. The van der Waals surface area contributed by atoms with E-state index in [1.54, 1.807) is 11.3 Å². The molecule has 0 amide bonds. The van der Waals surface area contributed by atoms with Crippen LogP contribution in [0.25, 0.3) is 10.1 Å². The molecule has 0 bridgehead atoms. The Morgan fingerprint density at radius 3 is 2.83 bits per heavy atom. The van der Waals surface area contributed by atoms with Gasteiger partial charge in [-0.1, -0.05) is 23.7 Å². The van der Waals surface area contributed by atoms with Gasteiger partial charge in [-0.25, -0.2) is 0 Å². The van der Waals surface area contributed by atoms with Crippen LogP contribution < -0.4 is 0 Å². The zero-order valence-corrected chi connectivity index (χ0v) is 8.51. The minimum atomic E-state index is 0.565. The lowest BCUT2D eigenvalue weighted by atomic mass is 10.2. The van der Waals surface area contributed by atoms with Gasteiger partial charge in [0.2, 0.25) is 0 Å². The molecule has 12 heavy (non-hydrogen) atoms. The Bertz CT molecular complexity index is 406. The molecule has 3 heteroatoms. The van der Waals surface area contributed by atoms with E-state index >= 15 is 0 Å². The van der Waals surface area contributed by atoms with Crippen LogP contribution in [0, 0.1) is 0 Å². The fourth-order valence-corrected chi connectivity index (χ4v) is 2.60. The van der Waals surface area contributed by atoms with Gasteiger partial charge in [0.1, 0.15) is 0 Å². The van der Waals surface area contributed by atoms with Gasteiger partial charge in [-0.15, -0.1) is 22.9 Å².